The number of nitrogens with zero attached hydrogens (tertiary/aromatic N) is 4. The summed E-state index contributed by atoms with van der Waals surface area (Å²) in [5, 5.41) is 1.02. The predicted octanol–water partition coefficient (Wildman–Crippen LogP) is 5.26. The smallest absolute Gasteiger partial charge is 0.257 e. The molecule has 0 aliphatic heterocycles. The number of hydrogen-bond acceptors (Lipinski definition) is 5. The lowest BCUT2D eigenvalue weighted by atomic mass is 10.0. The number of hydrogen-bond donors (Lipinski definition) is 1. The van der Waals surface area contributed by atoms with Crippen molar-refractivity contribution in [3.05, 3.63) is 108 Å². The van der Waals surface area contributed by atoms with E-state index in [0.717, 1.165) is 33.3 Å². The fourth-order valence-electron chi connectivity index (χ4n) is 3.99. The van der Waals surface area contributed by atoms with E-state index in [1.54, 1.807) is 36.8 Å². The average molecular weight is 427 g/mol. The first kappa shape index (κ1) is 19.0. The fraction of sp³-hybridized carbons (Fsp3) is 0. The SMILES string of the molecule is O=c1[nH]c2nc(-c3ccccc3)c(-c3ccc4ncccc4c3)nc2cc1-c1ccncc1. The second-order valence-corrected chi connectivity index (χ2v) is 7.68. The molecular formula is C27H17N5O. The first-order valence-corrected chi connectivity index (χ1v) is 10.5. The lowest BCUT2D eigenvalue weighted by Gasteiger charge is -2.12. The van der Waals surface area contributed by atoms with Crippen molar-refractivity contribution in [3.8, 4) is 33.6 Å². The van der Waals surface area contributed by atoms with Crippen LogP contribution in [-0.4, -0.2) is 24.9 Å². The van der Waals surface area contributed by atoms with Crippen molar-refractivity contribution in [1.82, 2.24) is 24.9 Å². The summed E-state index contributed by atoms with van der Waals surface area (Å²) in [6.45, 7) is 0. The molecule has 6 nitrogen and oxygen atoms in total. The second-order valence-electron chi connectivity index (χ2n) is 7.68. The molecule has 6 heteroatoms. The van der Waals surface area contributed by atoms with Crippen LogP contribution < -0.4 is 5.56 Å². The van der Waals surface area contributed by atoms with E-state index in [0.29, 0.717) is 22.4 Å². The minimum absolute atomic E-state index is 0.216. The summed E-state index contributed by atoms with van der Waals surface area (Å²) in [7, 11) is 0. The summed E-state index contributed by atoms with van der Waals surface area (Å²) in [6, 6.07) is 25.3. The highest BCUT2D eigenvalue weighted by molar-refractivity contribution is 5.90. The molecule has 0 fully saturated rings. The number of pyridine rings is 3. The molecule has 2 aromatic carbocycles. The van der Waals surface area contributed by atoms with Crippen LogP contribution >= 0.6 is 0 Å². The van der Waals surface area contributed by atoms with Gasteiger partial charge in [-0.1, -0.05) is 42.5 Å². The Labute approximate surface area is 188 Å². The van der Waals surface area contributed by atoms with Gasteiger partial charge in [-0.05, 0) is 42.0 Å². The third kappa shape index (κ3) is 3.43. The zero-order chi connectivity index (χ0) is 22.2. The van der Waals surface area contributed by atoms with E-state index in [1.807, 2.05) is 54.6 Å². The molecule has 0 bridgehead atoms. The molecule has 0 saturated heterocycles. The zero-order valence-electron chi connectivity index (χ0n) is 17.4. The van der Waals surface area contributed by atoms with Gasteiger partial charge in [0.05, 0.1) is 16.9 Å². The van der Waals surface area contributed by atoms with Gasteiger partial charge in [0.1, 0.15) is 5.52 Å². The Balaban J connectivity index is 1.64. The number of fused-ring (bicyclic) bond motifs is 2. The van der Waals surface area contributed by atoms with E-state index >= 15 is 0 Å². The predicted molar refractivity (Wildman–Crippen MR) is 130 cm³/mol. The van der Waals surface area contributed by atoms with Crippen molar-refractivity contribution in [2.45, 2.75) is 0 Å². The Kier molecular flexibility index (Phi) is 4.47. The number of aromatic nitrogens is 5. The lowest BCUT2D eigenvalue weighted by molar-refractivity contribution is 1.19. The fourth-order valence-corrected chi connectivity index (χ4v) is 3.99. The summed E-state index contributed by atoms with van der Waals surface area (Å²) >= 11 is 0. The molecule has 1 N–H and O–H groups in total. The van der Waals surface area contributed by atoms with Crippen molar-refractivity contribution in [2.75, 3.05) is 0 Å². The number of aromatic amines is 1. The summed E-state index contributed by atoms with van der Waals surface area (Å²) in [5.74, 6) is 0. The molecule has 0 saturated carbocycles. The normalized spacial score (nSPS) is 11.2. The van der Waals surface area contributed by atoms with Gasteiger partial charge in [-0.15, -0.1) is 0 Å². The van der Waals surface area contributed by atoms with Crippen molar-refractivity contribution < 1.29 is 0 Å². The maximum atomic E-state index is 12.8. The molecule has 33 heavy (non-hydrogen) atoms. The average Bonchev–Trinajstić information content (AvgIpc) is 2.88. The summed E-state index contributed by atoms with van der Waals surface area (Å²) in [4.78, 5) is 34.0. The van der Waals surface area contributed by atoms with Crippen LogP contribution in [0, 0.1) is 0 Å². The van der Waals surface area contributed by atoms with Crippen LogP contribution in [0.15, 0.2) is 102 Å². The highest BCUT2D eigenvalue weighted by Gasteiger charge is 2.16. The Morgan fingerprint density at radius 3 is 2.30 bits per heavy atom. The number of benzene rings is 2. The standard InChI is InChI=1S/C27H17N5O/c33-27-21(17-10-13-28-14-11-17)16-23-26(32-27)31-24(18-5-2-1-3-6-18)25(30-23)20-8-9-22-19(15-20)7-4-12-29-22/h1-16H,(H,31,32,33). The molecule has 0 aliphatic carbocycles. The van der Waals surface area contributed by atoms with Crippen molar-refractivity contribution >= 4 is 22.1 Å². The maximum absolute atomic E-state index is 12.8. The quantitative estimate of drug-likeness (QED) is 0.416. The molecule has 0 unspecified atom stereocenters. The van der Waals surface area contributed by atoms with E-state index in [1.165, 1.54) is 0 Å². The van der Waals surface area contributed by atoms with E-state index < -0.39 is 0 Å². The highest BCUT2D eigenvalue weighted by atomic mass is 16.1. The van der Waals surface area contributed by atoms with Crippen LogP contribution in [0.5, 0.6) is 0 Å². The molecular weight excluding hydrogens is 410 g/mol. The lowest BCUT2D eigenvalue weighted by Crippen LogP contribution is -2.11. The summed E-state index contributed by atoms with van der Waals surface area (Å²) in [6.07, 6.45) is 5.11. The van der Waals surface area contributed by atoms with Crippen molar-refractivity contribution in [2.24, 2.45) is 0 Å². The van der Waals surface area contributed by atoms with Gasteiger partial charge in [-0.25, -0.2) is 9.97 Å². The highest BCUT2D eigenvalue weighted by Crippen LogP contribution is 2.32. The topological polar surface area (TPSA) is 84.4 Å². The number of rotatable bonds is 3. The Morgan fingerprint density at radius 2 is 1.45 bits per heavy atom. The third-order valence-electron chi connectivity index (χ3n) is 5.60. The summed E-state index contributed by atoms with van der Waals surface area (Å²) < 4.78 is 0. The molecule has 0 amide bonds. The van der Waals surface area contributed by atoms with Crippen LogP contribution in [0.4, 0.5) is 0 Å². The monoisotopic (exact) mass is 427 g/mol. The zero-order valence-corrected chi connectivity index (χ0v) is 17.4. The molecule has 0 aliphatic rings. The van der Waals surface area contributed by atoms with Crippen molar-refractivity contribution in [3.63, 3.8) is 0 Å². The summed E-state index contributed by atoms with van der Waals surface area (Å²) in [5.41, 5.74) is 6.37. The van der Waals surface area contributed by atoms with Crippen LogP contribution in [0.3, 0.4) is 0 Å². The maximum Gasteiger partial charge on any atom is 0.257 e. The van der Waals surface area contributed by atoms with Crippen molar-refractivity contribution in [1.29, 1.82) is 0 Å². The minimum Gasteiger partial charge on any atom is -0.305 e. The first-order valence-electron chi connectivity index (χ1n) is 10.5. The largest absolute Gasteiger partial charge is 0.305 e. The third-order valence-corrected chi connectivity index (χ3v) is 5.60. The Hall–Kier alpha value is -4.71. The van der Waals surface area contributed by atoms with Gasteiger partial charge in [0.2, 0.25) is 0 Å². The Morgan fingerprint density at radius 1 is 0.636 bits per heavy atom. The number of nitrogens with one attached hydrogen (secondary N) is 1. The van der Waals surface area contributed by atoms with Crippen LogP contribution in [0.1, 0.15) is 0 Å². The van der Waals surface area contributed by atoms with Gasteiger partial charge in [0.25, 0.3) is 5.56 Å². The molecule has 6 rings (SSSR count). The molecule has 0 atom stereocenters. The van der Waals surface area contributed by atoms with Gasteiger partial charge in [0, 0.05) is 40.7 Å². The van der Waals surface area contributed by atoms with E-state index in [9.17, 15) is 4.79 Å². The van der Waals surface area contributed by atoms with Gasteiger partial charge >= 0.3 is 0 Å². The molecule has 0 spiro atoms. The second kappa shape index (κ2) is 7.76. The number of H-pyrrole nitrogens is 1. The van der Waals surface area contributed by atoms with Crippen LogP contribution in [0.25, 0.3) is 55.7 Å². The van der Waals surface area contributed by atoms with E-state index in [4.69, 9.17) is 9.97 Å². The molecule has 4 aromatic heterocycles. The minimum atomic E-state index is -0.216. The van der Waals surface area contributed by atoms with E-state index in [2.05, 4.69) is 21.0 Å². The molecule has 4 heterocycles. The first-order chi connectivity index (χ1) is 16.3. The molecule has 0 radical (unpaired) electrons. The van der Waals surface area contributed by atoms with Gasteiger partial charge < -0.3 is 4.98 Å². The molecule has 156 valence electrons. The van der Waals surface area contributed by atoms with Gasteiger partial charge in [-0.2, -0.15) is 0 Å². The van der Waals surface area contributed by atoms with Gasteiger partial charge in [0.15, 0.2) is 5.65 Å². The van der Waals surface area contributed by atoms with Crippen LogP contribution in [0.2, 0.25) is 0 Å². The molecule has 6 aromatic rings. The Bertz CT molecular complexity index is 1680. The van der Waals surface area contributed by atoms with E-state index in [-0.39, 0.29) is 5.56 Å². The van der Waals surface area contributed by atoms with Crippen LogP contribution in [-0.2, 0) is 0 Å². The van der Waals surface area contributed by atoms with Gasteiger partial charge in [-0.3, -0.25) is 14.8 Å².